The molecule has 7 heteroatoms. The number of rotatable bonds is 10. The van der Waals surface area contributed by atoms with Crippen LogP contribution in [0.4, 0.5) is 4.39 Å². The van der Waals surface area contributed by atoms with Crippen molar-refractivity contribution in [2.45, 2.75) is 39.3 Å². The number of nitrogens with zero attached hydrogens (tertiary/aromatic N) is 1. The highest BCUT2D eigenvalue weighted by Crippen LogP contribution is 2.17. The smallest absolute Gasteiger partial charge is 0.261 e. The Morgan fingerprint density at radius 2 is 1.86 bits per heavy atom. The molecule has 0 aliphatic heterocycles. The fourth-order valence-corrected chi connectivity index (χ4v) is 2.82. The summed E-state index contributed by atoms with van der Waals surface area (Å²) < 4.78 is 19.1. The number of amides is 2. The first-order chi connectivity index (χ1) is 13.9. The van der Waals surface area contributed by atoms with Crippen LogP contribution in [0.3, 0.4) is 0 Å². The SMILES string of the molecule is CCCCNC(=O)C(C)N(Cc1ccc(Cl)cc1)C(=O)COc1ccccc1F. The first kappa shape index (κ1) is 22.7. The van der Waals surface area contributed by atoms with E-state index in [1.165, 1.54) is 17.0 Å². The molecule has 0 saturated carbocycles. The molecule has 5 nitrogen and oxygen atoms in total. The summed E-state index contributed by atoms with van der Waals surface area (Å²) in [7, 11) is 0. The maximum atomic E-state index is 13.8. The number of benzene rings is 2. The van der Waals surface area contributed by atoms with E-state index >= 15 is 0 Å². The standard InChI is InChI=1S/C22H26ClFN2O3/c1-3-4-13-25-22(28)16(2)26(14-17-9-11-18(23)12-10-17)21(27)15-29-20-8-6-5-7-19(20)24/h5-12,16H,3-4,13-15H2,1-2H3,(H,25,28). The molecule has 0 heterocycles. The highest BCUT2D eigenvalue weighted by atomic mass is 35.5. The van der Waals surface area contributed by atoms with Crippen LogP contribution in [-0.2, 0) is 16.1 Å². The Morgan fingerprint density at radius 3 is 2.52 bits per heavy atom. The van der Waals surface area contributed by atoms with Crippen LogP contribution in [0.2, 0.25) is 5.02 Å². The second kappa shape index (κ2) is 11.4. The molecular weight excluding hydrogens is 395 g/mol. The van der Waals surface area contributed by atoms with Gasteiger partial charge in [-0.05, 0) is 43.2 Å². The highest BCUT2D eigenvalue weighted by Gasteiger charge is 2.26. The average Bonchev–Trinajstić information content (AvgIpc) is 2.72. The van der Waals surface area contributed by atoms with Crippen LogP contribution in [-0.4, -0.2) is 35.9 Å². The summed E-state index contributed by atoms with van der Waals surface area (Å²) in [4.78, 5) is 26.8. The topological polar surface area (TPSA) is 58.6 Å². The first-order valence-corrected chi connectivity index (χ1v) is 9.99. The average molecular weight is 421 g/mol. The summed E-state index contributed by atoms with van der Waals surface area (Å²) in [6.07, 6.45) is 1.82. The molecule has 156 valence electrons. The van der Waals surface area contributed by atoms with Crippen molar-refractivity contribution >= 4 is 23.4 Å². The lowest BCUT2D eigenvalue weighted by molar-refractivity contribution is -0.142. The van der Waals surface area contributed by atoms with Crippen LogP contribution in [0.5, 0.6) is 5.75 Å². The van der Waals surface area contributed by atoms with Crippen LogP contribution in [0.15, 0.2) is 48.5 Å². The van der Waals surface area contributed by atoms with Crippen LogP contribution in [0.1, 0.15) is 32.3 Å². The van der Waals surface area contributed by atoms with E-state index in [4.69, 9.17) is 16.3 Å². The Hall–Kier alpha value is -2.60. The molecule has 2 aromatic carbocycles. The van der Waals surface area contributed by atoms with E-state index in [0.29, 0.717) is 11.6 Å². The predicted octanol–water partition coefficient (Wildman–Crippen LogP) is 4.19. The Balaban J connectivity index is 2.11. The van der Waals surface area contributed by atoms with Gasteiger partial charge in [-0.15, -0.1) is 0 Å². The molecule has 1 atom stereocenters. The fourth-order valence-electron chi connectivity index (χ4n) is 2.69. The Kier molecular flexibility index (Phi) is 8.93. The second-order valence-electron chi connectivity index (χ2n) is 6.69. The minimum atomic E-state index is -0.709. The van der Waals surface area contributed by atoms with Gasteiger partial charge in [-0.3, -0.25) is 9.59 Å². The van der Waals surface area contributed by atoms with Gasteiger partial charge in [0.1, 0.15) is 6.04 Å². The molecule has 0 aliphatic rings. The Labute approximate surface area is 175 Å². The van der Waals surface area contributed by atoms with Crippen LogP contribution >= 0.6 is 11.6 Å². The zero-order valence-corrected chi connectivity index (χ0v) is 17.4. The van der Waals surface area contributed by atoms with Gasteiger partial charge in [0.25, 0.3) is 5.91 Å². The minimum absolute atomic E-state index is 0.00709. The van der Waals surface area contributed by atoms with Crippen molar-refractivity contribution in [2.24, 2.45) is 0 Å². The van der Waals surface area contributed by atoms with E-state index in [-0.39, 0.29) is 24.8 Å². The molecule has 0 saturated heterocycles. The monoisotopic (exact) mass is 420 g/mol. The lowest BCUT2D eigenvalue weighted by atomic mass is 10.1. The van der Waals surface area contributed by atoms with Crippen LogP contribution in [0.25, 0.3) is 0 Å². The number of halogens is 2. The van der Waals surface area contributed by atoms with Gasteiger partial charge in [-0.2, -0.15) is 0 Å². The van der Waals surface area contributed by atoms with E-state index in [1.54, 1.807) is 43.3 Å². The lowest BCUT2D eigenvalue weighted by Gasteiger charge is -2.28. The van der Waals surface area contributed by atoms with E-state index in [0.717, 1.165) is 18.4 Å². The van der Waals surface area contributed by atoms with E-state index in [2.05, 4.69) is 5.32 Å². The van der Waals surface area contributed by atoms with Crippen molar-refractivity contribution in [2.75, 3.05) is 13.2 Å². The maximum Gasteiger partial charge on any atom is 0.261 e. The van der Waals surface area contributed by atoms with Gasteiger partial charge in [-0.25, -0.2) is 4.39 Å². The third kappa shape index (κ3) is 7.06. The number of hydrogen-bond acceptors (Lipinski definition) is 3. The van der Waals surface area contributed by atoms with Gasteiger partial charge in [-0.1, -0.05) is 49.2 Å². The number of carbonyl (C=O) groups is 2. The van der Waals surface area contributed by atoms with Gasteiger partial charge in [0.15, 0.2) is 18.2 Å². The van der Waals surface area contributed by atoms with Gasteiger partial charge in [0, 0.05) is 18.1 Å². The fraction of sp³-hybridized carbons (Fsp3) is 0.364. The molecule has 2 aromatic rings. The quantitative estimate of drug-likeness (QED) is 0.586. The minimum Gasteiger partial charge on any atom is -0.481 e. The van der Waals surface area contributed by atoms with Gasteiger partial charge >= 0.3 is 0 Å². The summed E-state index contributed by atoms with van der Waals surface area (Å²) in [5.41, 5.74) is 0.821. The van der Waals surface area contributed by atoms with Crippen molar-refractivity contribution < 1.29 is 18.7 Å². The number of unbranched alkanes of at least 4 members (excludes halogenated alkanes) is 1. The number of ether oxygens (including phenoxy) is 1. The van der Waals surface area contributed by atoms with Gasteiger partial charge in [0.05, 0.1) is 0 Å². The second-order valence-corrected chi connectivity index (χ2v) is 7.12. The van der Waals surface area contributed by atoms with Crippen LogP contribution in [0, 0.1) is 5.82 Å². The van der Waals surface area contributed by atoms with E-state index < -0.39 is 17.8 Å². The maximum absolute atomic E-state index is 13.8. The molecule has 1 unspecified atom stereocenters. The number of para-hydroxylation sites is 1. The molecule has 2 rings (SSSR count). The van der Waals surface area contributed by atoms with E-state index in [9.17, 15) is 14.0 Å². The van der Waals surface area contributed by atoms with Gasteiger partial charge < -0.3 is 15.0 Å². The van der Waals surface area contributed by atoms with E-state index in [1.807, 2.05) is 6.92 Å². The molecule has 0 spiro atoms. The molecule has 29 heavy (non-hydrogen) atoms. The predicted molar refractivity (Wildman–Crippen MR) is 111 cm³/mol. The number of nitrogens with one attached hydrogen (secondary N) is 1. The molecule has 0 aliphatic carbocycles. The lowest BCUT2D eigenvalue weighted by Crippen LogP contribution is -2.49. The molecule has 0 bridgehead atoms. The first-order valence-electron chi connectivity index (χ1n) is 9.61. The molecular formula is C22H26ClFN2O3. The number of hydrogen-bond donors (Lipinski definition) is 1. The number of carbonyl (C=O) groups excluding carboxylic acids is 2. The van der Waals surface area contributed by atoms with Crippen molar-refractivity contribution in [1.82, 2.24) is 10.2 Å². The zero-order chi connectivity index (χ0) is 21.2. The van der Waals surface area contributed by atoms with Gasteiger partial charge in [0.2, 0.25) is 5.91 Å². The molecule has 2 amide bonds. The summed E-state index contributed by atoms with van der Waals surface area (Å²) in [6.45, 7) is 4.08. The zero-order valence-electron chi connectivity index (χ0n) is 16.7. The van der Waals surface area contributed by atoms with Crippen molar-refractivity contribution in [3.8, 4) is 5.75 Å². The van der Waals surface area contributed by atoms with Crippen molar-refractivity contribution in [3.63, 3.8) is 0 Å². The van der Waals surface area contributed by atoms with Crippen molar-refractivity contribution in [3.05, 3.63) is 64.9 Å². The summed E-state index contributed by atoms with van der Waals surface area (Å²) in [5, 5.41) is 3.42. The van der Waals surface area contributed by atoms with Crippen LogP contribution < -0.4 is 10.1 Å². The Bertz CT molecular complexity index is 814. The molecule has 0 fully saturated rings. The third-order valence-electron chi connectivity index (χ3n) is 4.45. The summed E-state index contributed by atoms with van der Waals surface area (Å²) in [6, 6.07) is 12.2. The van der Waals surface area contributed by atoms with Crippen molar-refractivity contribution in [1.29, 1.82) is 0 Å². The third-order valence-corrected chi connectivity index (χ3v) is 4.70. The summed E-state index contributed by atoms with van der Waals surface area (Å²) >= 11 is 5.93. The Morgan fingerprint density at radius 1 is 1.17 bits per heavy atom. The summed E-state index contributed by atoms with van der Waals surface area (Å²) in [5.74, 6) is -1.21. The molecule has 0 aromatic heterocycles. The molecule has 0 radical (unpaired) electrons. The largest absolute Gasteiger partial charge is 0.481 e. The molecule has 1 N–H and O–H groups in total. The highest BCUT2D eigenvalue weighted by molar-refractivity contribution is 6.30. The normalized spacial score (nSPS) is 11.6.